The molecule has 0 aromatic heterocycles. The Balaban J connectivity index is 2.34. The minimum Gasteiger partial charge on any atom is -0.271 e. The van der Waals surface area contributed by atoms with Crippen LogP contribution in [0, 0.1) is 17.5 Å². The maximum atomic E-state index is 13.6. The number of hydrazine groups is 1. The van der Waals surface area contributed by atoms with Gasteiger partial charge in [-0.2, -0.15) is 0 Å². The van der Waals surface area contributed by atoms with Crippen molar-refractivity contribution in [3.05, 3.63) is 69.4 Å². The Kier molecular flexibility index (Phi) is 4.80. The van der Waals surface area contributed by atoms with E-state index in [9.17, 15) is 13.2 Å². The summed E-state index contributed by atoms with van der Waals surface area (Å²) in [5.41, 5.74) is 3.20. The second-order valence-electron chi connectivity index (χ2n) is 4.30. The summed E-state index contributed by atoms with van der Waals surface area (Å²) in [4.78, 5) is 0. The molecule has 0 spiro atoms. The molecule has 2 aromatic rings. The standard InChI is InChI=1S/C14H12BrF3N2/c15-14-10(2-1-3-12(14)18)13(20-19)7-8-6-9(16)4-5-11(8)17/h1-6,13,20H,7,19H2. The molecule has 0 aliphatic heterocycles. The van der Waals surface area contributed by atoms with E-state index >= 15 is 0 Å². The third-order valence-electron chi connectivity index (χ3n) is 2.99. The lowest BCUT2D eigenvalue weighted by Gasteiger charge is -2.18. The zero-order valence-electron chi connectivity index (χ0n) is 10.3. The summed E-state index contributed by atoms with van der Waals surface area (Å²) in [7, 11) is 0. The molecular weight excluding hydrogens is 333 g/mol. The molecule has 0 saturated carbocycles. The summed E-state index contributed by atoms with van der Waals surface area (Å²) in [6.07, 6.45) is 0.0994. The summed E-state index contributed by atoms with van der Waals surface area (Å²) < 4.78 is 40.6. The first-order valence-electron chi connectivity index (χ1n) is 5.87. The zero-order valence-corrected chi connectivity index (χ0v) is 11.9. The lowest BCUT2D eigenvalue weighted by molar-refractivity contribution is 0.516. The fraction of sp³-hybridized carbons (Fsp3) is 0.143. The van der Waals surface area contributed by atoms with E-state index in [1.54, 1.807) is 6.07 Å². The van der Waals surface area contributed by atoms with Crippen molar-refractivity contribution in [2.45, 2.75) is 12.5 Å². The van der Waals surface area contributed by atoms with E-state index in [-0.39, 0.29) is 16.5 Å². The molecule has 0 aliphatic carbocycles. The molecule has 0 fully saturated rings. The smallest absolute Gasteiger partial charge is 0.137 e. The number of benzene rings is 2. The van der Waals surface area contributed by atoms with Crippen LogP contribution in [0.15, 0.2) is 40.9 Å². The summed E-state index contributed by atoms with van der Waals surface area (Å²) in [6, 6.07) is 7.14. The Morgan fingerprint density at radius 1 is 1.10 bits per heavy atom. The van der Waals surface area contributed by atoms with Gasteiger partial charge in [0, 0.05) is 0 Å². The Hall–Kier alpha value is -1.37. The molecule has 0 aliphatic rings. The van der Waals surface area contributed by atoms with Crippen molar-refractivity contribution >= 4 is 15.9 Å². The predicted octanol–water partition coefficient (Wildman–Crippen LogP) is 3.61. The molecule has 1 atom stereocenters. The van der Waals surface area contributed by atoms with E-state index in [0.717, 1.165) is 18.2 Å². The Labute approximate surface area is 122 Å². The van der Waals surface area contributed by atoms with E-state index in [4.69, 9.17) is 5.84 Å². The largest absolute Gasteiger partial charge is 0.271 e. The van der Waals surface area contributed by atoms with Gasteiger partial charge in [-0.1, -0.05) is 12.1 Å². The lowest BCUT2D eigenvalue weighted by atomic mass is 9.99. The third kappa shape index (κ3) is 3.20. The van der Waals surface area contributed by atoms with Crippen LogP contribution < -0.4 is 11.3 Å². The molecular formula is C14H12BrF3N2. The predicted molar refractivity (Wildman–Crippen MR) is 74.2 cm³/mol. The minimum atomic E-state index is -0.545. The van der Waals surface area contributed by atoms with Gasteiger partial charge in [0.15, 0.2) is 0 Å². The van der Waals surface area contributed by atoms with Crippen molar-refractivity contribution in [1.82, 2.24) is 5.43 Å². The summed E-state index contributed by atoms with van der Waals surface area (Å²) in [6.45, 7) is 0. The maximum absolute atomic E-state index is 13.6. The van der Waals surface area contributed by atoms with Gasteiger partial charge in [0.2, 0.25) is 0 Å². The quantitative estimate of drug-likeness (QED) is 0.656. The molecule has 0 radical (unpaired) electrons. The highest BCUT2D eigenvalue weighted by Gasteiger charge is 2.18. The van der Waals surface area contributed by atoms with Crippen LogP contribution in [0.4, 0.5) is 13.2 Å². The number of nitrogens with one attached hydrogen (secondary N) is 1. The Morgan fingerprint density at radius 3 is 2.55 bits per heavy atom. The van der Waals surface area contributed by atoms with Crippen LogP contribution >= 0.6 is 15.9 Å². The van der Waals surface area contributed by atoms with Crippen LogP contribution in [0.3, 0.4) is 0 Å². The van der Waals surface area contributed by atoms with Gasteiger partial charge in [0.1, 0.15) is 17.5 Å². The van der Waals surface area contributed by atoms with E-state index in [2.05, 4.69) is 21.4 Å². The molecule has 0 amide bonds. The van der Waals surface area contributed by atoms with Crippen molar-refractivity contribution in [3.63, 3.8) is 0 Å². The molecule has 106 valence electrons. The van der Waals surface area contributed by atoms with Gasteiger partial charge in [-0.25, -0.2) is 13.2 Å². The van der Waals surface area contributed by atoms with E-state index < -0.39 is 23.5 Å². The fourth-order valence-corrected chi connectivity index (χ4v) is 2.51. The van der Waals surface area contributed by atoms with E-state index in [0.29, 0.717) is 5.56 Å². The lowest BCUT2D eigenvalue weighted by Crippen LogP contribution is -2.30. The van der Waals surface area contributed by atoms with Crippen molar-refractivity contribution in [2.24, 2.45) is 5.84 Å². The highest BCUT2D eigenvalue weighted by molar-refractivity contribution is 9.10. The van der Waals surface area contributed by atoms with Crippen molar-refractivity contribution in [3.8, 4) is 0 Å². The SMILES string of the molecule is NNC(Cc1cc(F)ccc1F)c1cccc(F)c1Br. The molecule has 0 heterocycles. The first-order chi connectivity index (χ1) is 9.52. The molecule has 20 heavy (non-hydrogen) atoms. The number of hydrogen-bond acceptors (Lipinski definition) is 2. The zero-order chi connectivity index (χ0) is 14.7. The second-order valence-corrected chi connectivity index (χ2v) is 5.10. The molecule has 3 N–H and O–H groups in total. The highest BCUT2D eigenvalue weighted by Crippen LogP contribution is 2.28. The van der Waals surface area contributed by atoms with Crippen LogP contribution in [0.1, 0.15) is 17.2 Å². The summed E-state index contributed by atoms with van der Waals surface area (Å²) in [5.74, 6) is 3.95. The van der Waals surface area contributed by atoms with Crippen LogP contribution in [0.2, 0.25) is 0 Å². The molecule has 2 aromatic carbocycles. The molecule has 1 unspecified atom stereocenters. The average Bonchev–Trinajstić information content (AvgIpc) is 2.43. The molecule has 2 rings (SSSR count). The molecule has 6 heteroatoms. The van der Waals surface area contributed by atoms with E-state index in [1.165, 1.54) is 12.1 Å². The Bertz CT molecular complexity index is 619. The highest BCUT2D eigenvalue weighted by atomic mass is 79.9. The van der Waals surface area contributed by atoms with Crippen molar-refractivity contribution in [1.29, 1.82) is 0 Å². The van der Waals surface area contributed by atoms with Gasteiger partial charge in [-0.3, -0.25) is 11.3 Å². The number of halogens is 4. The van der Waals surface area contributed by atoms with Gasteiger partial charge < -0.3 is 0 Å². The van der Waals surface area contributed by atoms with Gasteiger partial charge >= 0.3 is 0 Å². The van der Waals surface area contributed by atoms with Crippen LogP contribution in [0.5, 0.6) is 0 Å². The molecule has 2 nitrogen and oxygen atoms in total. The summed E-state index contributed by atoms with van der Waals surface area (Å²) >= 11 is 3.13. The monoisotopic (exact) mass is 344 g/mol. The Morgan fingerprint density at radius 2 is 1.85 bits per heavy atom. The summed E-state index contributed by atoms with van der Waals surface area (Å²) in [5, 5.41) is 0. The normalized spacial score (nSPS) is 12.4. The average molecular weight is 345 g/mol. The van der Waals surface area contributed by atoms with Gasteiger partial charge in [-0.05, 0) is 57.7 Å². The second kappa shape index (κ2) is 6.39. The van der Waals surface area contributed by atoms with Gasteiger partial charge in [0.25, 0.3) is 0 Å². The topological polar surface area (TPSA) is 38.0 Å². The number of hydrogen-bond donors (Lipinski definition) is 2. The fourth-order valence-electron chi connectivity index (χ4n) is 1.97. The maximum Gasteiger partial charge on any atom is 0.137 e. The van der Waals surface area contributed by atoms with Crippen LogP contribution in [-0.2, 0) is 6.42 Å². The minimum absolute atomic E-state index is 0.0994. The van der Waals surface area contributed by atoms with Crippen molar-refractivity contribution < 1.29 is 13.2 Å². The molecule has 0 saturated heterocycles. The molecule has 0 bridgehead atoms. The third-order valence-corrected chi connectivity index (χ3v) is 3.83. The van der Waals surface area contributed by atoms with E-state index in [1.807, 2.05) is 0 Å². The number of nitrogens with two attached hydrogens (primary N) is 1. The van der Waals surface area contributed by atoms with Gasteiger partial charge in [0.05, 0.1) is 10.5 Å². The first-order valence-corrected chi connectivity index (χ1v) is 6.66. The number of rotatable bonds is 4. The van der Waals surface area contributed by atoms with Crippen molar-refractivity contribution in [2.75, 3.05) is 0 Å². The van der Waals surface area contributed by atoms with Gasteiger partial charge in [-0.15, -0.1) is 0 Å². The van der Waals surface area contributed by atoms with Crippen LogP contribution in [-0.4, -0.2) is 0 Å². The van der Waals surface area contributed by atoms with Crippen LogP contribution in [0.25, 0.3) is 0 Å². The first kappa shape index (κ1) is 15.0.